The smallest absolute Gasteiger partial charge is 0.291 e. The molecule has 0 radical (unpaired) electrons. The summed E-state index contributed by atoms with van der Waals surface area (Å²) in [5.74, 6) is 1.38. The third-order valence-electron chi connectivity index (χ3n) is 6.28. The van der Waals surface area contributed by atoms with Crippen LogP contribution in [0.4, 0.5) is 0 Å². The molecule has 1 amide bonds. The van der Waals surface area contributed by atoms with Crippen LogP contribution in [0.25, 0.3) is 0 Å². The van der Waals surface area contributed by atoms with Crippen LogP contribution in [0.2, 0.25) is 0 Å². The highest BCUT2D eigenvalue weighted by molar-refractivity contribution is 8.00. The maximum Gasteiger partial charge on any atom is 0.291 e. The van der Waals surface area contributed by atoms with E-state index in [2.05, 4.69) is 10.5 Å². The Bertz CT molecular complexity index is 756. The molecule has 0 spiro atoms. The standard InChI is InChI=1S/C21H32N2O5S/c1-11(2)29-17-16(28-23-19(17)27-10-20(3,4)25)18(24)22-15-13-5-12-6-14(15)9-21(26,7-12)8-13/h11-15,25-26H,5-10H2,1-4H3,(H,22,24)/t12?,13?,14?,15-,21-. The average Bonchev–Trinajstić information content (AvgIpc) is 2.96. The predicted octanol–water partition coefficient (Wildman–Crippen LogP) is 2.99. The van der Waals surface area contributed by atoms with Crippen molar-refractivity contribution in [2.24, 2.45) is 17.8 Å². The van der Waals surface area contributed by atoms with Gasteiger partial charge in [0.05, 0.1) is 11.2 Å². The molecule has 4 fully saturated rings. The second-order valence-electron chi connectivity index (χ2n) is 10.1. The maximum atomic E-state index is 13.1. The minimum absolute atomic E-state index is 0.0546. The molecular weight excluding hydrogens is 392 g/mol. The van der Waals surface area contributed by atoms with E-state index < -0.39 is 11.2 Å². The molecule has 0 aliphatic heterocycles. The van der Waals surface area contributed by atoms with Gasteiger partial charge in [0.1, 0.15) is 11.5 Å². The first-order chi connectivity index (χ1) is 13.5. The summed E-state index contributed by atoms with van der Waals surface area (Å²) in [7, 11) is 0. The van der Waals surface area contributed by atoms with Crippen LogP contribution in [0, 0.1) is 17.8 Å². The Morgan fingerprint density at radius 3 is 2.55 bits per heavy atom. The van der Waals surface area contributed by atoms with Crippen molar-refractivity contribution in [1.82, 2.24) is 10.5 Å². The summed E-state index contributed by atoms with van der Waals surface area (Å²) in [4.78, 5) is 13.7. The van der Waals surface area contributed by atoms with Crippen LogP contribution >= 0.6 is 11.8 Å². The third-order valence-corrected chi connectivity index (χ3v) is 7.35. The number of amides is 1. The summed E-state index contributed by atoms with van der Waals surface area (Å²) in [6, 6.07) is 0.0714. The van der Waals surface area contributed by atoms with Crippen molar-refractivity contribution in [3.63, 3.8) is 0 Å². The van der Waals surface area contributed by atoms with E-state index in [4.69, 9.17) is 9.26 Å². The Morgan fingerprint density at radius 1 is 1.34 bits per heavy atom. The number of rotatable bonds is 7. The van der Waals surface area contributed by atoms with Gasteiger partial charge in [-0.25, -0.2) is 0 Å². The summed E-state index contributed by atoms with van der Waals surface area (Å²) >= 11 is 1.46. The van der Waals surface area contributed by atoms with Gasteiger partial charge in [0.15, 0.2) is 0 Å². The van der Waals surface area contributed by atoms with Gasteiger partial charge in [-0.05, 0) is 68.9 Å². The second-order valence-corrected chi connectivity index (χ2v) is 11.7. The minimum Gasteiger partial charge on any atom is -0.472 e. The van der Waals surface area contributed by atoms with Crippen LogP contribution in [0.5, 0.6) is 5.88 Å². The highest BCUT2D eigenvalue weighted by Crippen LogP contribution is 2.55. The van der Waals surface area contributed by atoms with Crippen LogP contribution in [-0.4, -0.2) is 50.4 Å². The predicted molar refractivity (Wildman–Crippen MR) is 109 cm³/mol. The molecule has 3 N–H and O–H groups in total. The number of carbonyl (C=O) groups is 1. The van der Waals surface area contributed by atoms with Crippen LogP contribution in [0.3, 0.4) is 0 Å². The van der Waals surface area contributed by atoms with Crippen LogP contribution < -0.4 is 10.1 Å². The van der Waals surface area contributed by atoms with Gasteiger partial charge in [-0.1, -0.05) is 13.8 Å². The van der Waals surface area contributed by atoms with Gasteiger partial charge in [0.2, 0.25) is 5.76 Å². The van der Waals surface area contributed by atoms with E-state index >= 15 is 0 Å². The normalized spacial score (nSPS) is 33.3. The molecule has 7 nitrogen and oxygen atoms in total. The van der Waals surface area contributed by atoms with Gasteiger partial charge >= 0.3 is 0 Å². The fraction of sp³-hybridized carbons (Fsp3) is 0.810. The number of hydrogen-bond acceptors (Lipinski definition) is 7. The lowest BCUT2D eigenvalue weighted by Gasteiger charge is -2.58. The van der Waals surface area contributed by atoms with Gasteiger partial charge in [-0.3, -0.25) is 4.79 Å². The largest absolute Gasteiger partial charge is 0.472 e. The van der Waals surface area contributed by atoms with Gasteiger partial charge in [0, 0.05) is 11.3 Å². The molecule has 4 saturated carbocycles. The quantitative estimate of drug-likeness (QED) is 0.578. The molecule has 4 bridgehead atoms. The number of carbonyl (C=O) groups excluding carboxylic acids is 1. The van der Waals surface area contributed by atoms with Crippen molar-refractivity contribution in [3.8, 4) is 5.88 Å². The number of aromatic nitrogens is 1. The average molecular weight is 425 g/mol. The first-order valence-corrected chi connectivity index (χ1v) is 11.5. The summed E-state index contributed by atoms with van der Waals surface area (Å²) in [6.45, 7) is 7.40. The Morgan fingerprint density at radius 2 is 2.00 bits per heavy atom. The summed E-state index contributed by atoms with van der Waals surface area (Å²) in [5.41, 5.74) is -1.54. The summed E-state index contributed by atoms with van der Waals surface area (Å²) in [5, 5.41) is 28.1. The molecule has 162 valence electrons. The number of hydrogen-bond donors (Lipinski definition) is 3. The Kier molecular flexibility index (Phi) is 5.40. The van der Waals surface area contributed by atoms with E-state index in [1.54, 1.807) is 13.8 Å². The number of aliphatic hydroxyl groups is 2. The molecule has 1 heterocycles. The molecule has 2 atom stereocenters. The number of ether oxygens (including phenoxy) is 1. The lowest BCUT2D eigenvalue weighted by atomic mass is 9.52. The second kappa shape index (κ2) is 7.46. The Hall–Kier alpha value is -1.25. The number of nitrogens with zero attached hydrogens (tertiary/aromatic N) is 1. The Labute approximate surface area is 175 Å². The van der Waals surface area contributed by atoms with Crippen molar-refractivity contribution >= 4 is 17.7 Å². The first-order valence-electron chi connectivity index (χ1n) is 10.6. The highest BCUT2D eigenvalue weighted by atomic mass is 32.2. The molecular formula is C21H32N2O5S. The van der Waals surface area contributed by atoms with Crippen molar-refractivity contribution in [1.29, 1.82) is 0 Å². The lowest BCUT2D eigenvalue weighted by Crippen LogP contribution is -2.61. The number of nitrogens with one attached hydrogen (secondary N) is 1. The van der Waals surface area contributed by atoms with Crippen LogP contribution in [-0.2, 0) is 0 Å². The SMILES string of the molecule is CC(C)Sc1c(OCC(C)(C)O)noc1C(=O)N[C@H]1C2CC3CC1C[C@](O)(C3)C2. The monoisotopic (exact) mass is 424 g/mol. The number of thioether (sulfide) groups is 1. The summed E-state index contributed by atoms with van der Waals surface area (Å²) < 4.78 is 11.0. The Balaban J connectivity index is 1.50. The van der Waals surface area contributed by atoms with E-state index in [0.29, 0.717) is 22.6 Å². The summed E-state index contributed by atoms with van der Waals surface area (Å²) in [6.07, 6.45) is 4.62. The topological polar surface area (TPSA) is 105 Å². The maximum absolute atomic E-state index is 13.1. The van der Waals surface area contributed by atoms with E-state index in [-0.39, 0.29) is 35.4 Å². The van der Waals surface area contributed by atoms with Crippen molar-refractivity contribution in [3.05, 3.63) is 5.76 Å². The van der Waals surface area contributed by atoms with Gasteiger partial charge in [-0.15, -0.1) is 11.8 Å². The van der Waals surface area contributed by atoms with Crippen LogP contribution in [0.1, 0.15) is 70.4 Å². The molecule has 1 aromatic rings. The molecule has 4 aliphatic carbocycles. The molecule has 29 heavy (non-hydrogen) atoms. The van der Waals surface area contributed by atoms with Crippen molar-refractivity contribution in [2.45, 2.75) is 87.2 Å². The molecule has 2 unspecified atom stereocenters. The lowest BCUT2D eigenvalue weighted by molar-refractivity contribution is -0.137. The molecule has 4 aliphatic rings. The highest BCUT2D eigenvalue weighted by Gasteiger charge is 2.55. The van der Waals surface area contributed by atoms with Crippen molar-refractivity contribution < 1.29 is 24.3 Å². The molecule has 0 saturated heterocycles. The van der Waals surface area contributed by atoms with E-state index in [1.165, 1.54) is 11.8 Å². The zero-order valence-electron chi connectivity index (χ0n) is 17.6. The zero-order chi connectivity index (χ0) is 21.0. The molecule has 5 rings (SSSR count). The van der Waals surface area contributed by atoms with Gasteiger partial charge in [-0.2, -0.15) is 0 Å². The fourth-order valence-corrected chi connectivity index (χ4v) is 6.43. The van der Waals surface area contributed by atoms with E-state index in [1.807, 2.05) is 13.8 Å². The first kappa shape index (κ1) is 21.0. The zero-order valence-corrected chi connectivity index (χ0v) is 18.4. The molecule has 1 aromatic heterocycles. The van der Waals surface area contributed by atoms with E-state index in [0.717, 1.165) is 32.1 Å². The minimum atomic E-state index is -1.01. The van der Waals surface area contributed by atoms with Crippen LogP contribution in [0.15, 0.2) is 9.42 Å². The van der Waals surface area contributed by atoms with Crippen molar-refractivity contribution in [2.75, 3.05) is 6.61 Å². The molecule has 8 heteroatoms. The van der Waals surface area contributed by atoms with Gasteiger partial charge in [0.25, 0.3) is 11.8 Å². The fourth-order valence-electron chi connectivity index (χ4n) is 5.52. The van der Waals surface area contributed by atoms with Gasteiger partial charge < -0.3 is 24.8 Å². The van der Waals surface area contributed by atoms with E-state index in [9.17, 15) is 15.0 Å². The third kappa shape index (κ3) is 4.44. The molecule has 0 aromatic carbocycles.